The van der Waals surface area contributed by atoms with Crippen LogP contribution >= 0.6 is 0 Å². The minimum absolute atomic E-state index is 0.0277. The van der Waals surface area contributed by atoms with E-state index in [4.69, 9.17) is 4.74 Å². The summed E-state index contributed by atoms with van der Waals surface area (Å²) in [5.41, 5.74) is 3.22. The molecule has 1 aromatic heterocycles. The van der Waals surface area contributed by atoms with Crippen LogP contribution in [-0.4, -0.2) is 41.8 Å². The van der Waals surface area contributed by atoms with Gasteiger partial charge in [-0.25, -0.2) is 4.79 Å². The molecule has 2 aromatic rings. The first-order valence-electron chi connectivity index (χ1n) is 8.94. The summed E-state index contributed by atoms with van der Waals surface area (Å²) in [6, 6.07) is 12.3. The number of benzene rings is 1. The highest BCUT2D eigenvalue weighted by molar-refractivity contribution is 5.74. The number of amides is 2. The van der Waals surface area contributed by atoms with Gasteiger partial charge in [-0.05, 0) is 23.5 Å². The SMILES string of the molecule is COCc1cc(CNC(=O)N(C)C[C@]2(c3ccccc3)CC2(C)C)[nH]n1. The van der Waals surface area contributed by atoms with Gasteiger partial charge in [0.25, 0.3) is 0 Å². The fourth-order valence-electron chi connectivity index (χ4n) is 3.83. The Labute approximate surface area is 154 Å². The van der Waals surface area contributed by atoms with E-state index in [9.17, 15) is 4.79 Å². The fraction of sp³-hybridized carbons (Fsp3) is 0.500. The average molecular weight is 356 g/mol. The smallest absolute Gasteiger partial charge is 0.317 e. The monoisotopic (exact) mass is 356 g/mol. The first kappa shape index (κ1) is 18.5. The van der Waals surface area contributed by atoms with Gasteiger partial charge in [-0.1, -0.05) is 44.2 Å². The van der Waals surface area contributed by atoms with E-state index in [0.29, 0.717) is 19.7 Å². The number of carbonyl (C=O) groups excluding carboxylic acids is 1. The van der Waals surface area contributed by atoms with Gasteiger partial charge in [0.1, 0.15) is 0 Å². The highest BCUT2D eigenvalue weighted by Gasteiger charge is 2.62. The number of nitrogens with one attached hydrogen (secondary N) is 2. The summed E-state index contributed by atoms with van der Waals surface area (Å²) in [6.07, 6.45) is 1.09. The molecule has 0 saturated heterocycles. The molecule has 6 nitrogen and oxygen atoms in total. The summed E-state index contributed by atoms with van der Waals surface area (Å²) >= 11 is 0. The molecule has 1 aliphatic carbocycles. The molecule has 0 radical (unpaired) electrons. The van der Waals surface area contributed by atoms with Crippen LogP contribution in [0.15, 0.2) is 36.4 Å². The Kier molecular flexibility index (Phi) is 5.05. The second kappa shape index (κ2) is 7.11. The minimum atomic E-state index is -0.0779. The minimum Gasteiger partial charge on any atom is -0.378 e. The summed E-state index contributed by atoms with van der Waals surface area (Å²) in [4.78, 5) is 14.3. The normalized spacial score (nSPS) is 20.6. The molecule has 1 aliphatic rings. The second-order valence-corrected chi connectivity index (χ2v) is 7.84. The van der Waals surface area contributed by atoms with Crippen molar-refractivity contribution in [3.63, 3.8) is 0 Å². The summed E-state index contributed by atoms with van der Waals surface area (Å²) in [5, 5.41) is 10.0. The number of ether oxygens (including phenoxy) is 1. The molecule has 0 spiro atoms. The molecule has 140 valence electrons. The fourth-order valence-corrected chi connectivity index (χ4v) is 3.83. The quantitative estimate of drug-likeness (QED) is 0.801. The van der Waals surface area contributed by atoms with Gasteiger partial charge < -0.3 is 15.0 Å². The number of rotatable bonds is 7. The standard InChI is InChI=1S/C20H28N4O2/c1-19(2)13-20(19,15-8-6-5-7-9-15)14-24(3)18(25)21-11-16-10-17(12-26-4)23-22-16/h5-10H,11-14H2,1-4H3,(H,21,25)(H,22,23)/t20-/m0/s1. The van der Waals surface area contributed by atoms with Crippen LogP contribution in [0.5, 0.6) is 0 Å². The predicted molar refractivity (Wildman–Crippen MR) is 101 cm³/mol. The van der Waals surface area contributed by atoms with E-state index in [0.717, 1.165) is 17.8 Å². The zero-order chi connectivity index (χ0) is 18.8. The number of likely N-dealkylation sites (N-methyl/N-ethyl adjacent to an activating group) is 1. The lowest BCUT2D eigenvalue weighted by atomic mass is 9.87. The van der Waals surface area contributed by atoms with Crippen LogP contribution in [0.25, 0.3) is 0 Å². The number of hydrogen-bond acceptors (Lipinski definition) is 3. The van der Waals surface area contributed by atoms with Crippen molar-refractivity contribution >= 4 is 6.03 Å². The number of nitrogens with zero attached hydrogens (tertiary/aromatic N) is 2. The van der Waals surface area contributed by atoms with Crippen LogP contribution in [0.4, 0.5) is 4.79 Å². The van der Waals surface area contributed by atoms with Gasteiger partial charge in [0.05, 0.1) is 24.5 Å². The Morgan fingerprint density at radius 3 is 2.65 bits per heavy atom. The second-order valence-electron chi connectivity index (χ2n) is 7.84. The van der Waals surface area contributed by atoms with Gasteiger partial charge in [-0.3, -0.25) is 5.10 Å². The van der Waals surface area contributed by atoms with Crippen LogP contribution in [0.3, 0.4) is 0 Å². The van der Waals surface area contributed by atoms with Gasteiger partial charge >= 0.3 is 6.03 Å². The molecule has 6 heteroatoms. The molecular weight excluding hydrogens is 328 g/mol. The van der Waals surface area contributed by atoms with E-state index in [1.807, 2.05) is 19.2 Å². The third kappa shape index (κ3) is 3.60. The number of aromatic nitrogens is 2. The van der Waals surface area contributed by atoms with Crippen molar-refractivity contribution in [2.75, 3.05) is 20.7 Å². The molecule has 1 aromatic carbocycles. The molecule has 26 heavy (non-hydrogen) atoms. The van der Waals surface area contributed by atoms with Gasteiger partial charge in [0.2, 0.25) is 0 Å². The maximum atomic E-state index is 12.6. The molecule has 1 heterocycles. The van der Waals surface area contributed by atoms with Crippen molar-refractivity contribution in [2.45, 2.75) is 38.8 Å². The van der Waals surface area contributed by atoms with E-state index in [2.05, 4.69) is 53.6 Å². The van der Waals surface area contributed by atoms with Crippen molar-refractivity contribution in [1.82, 2.24) is 20.4 Å². The lowest BCUT2D eigenvalue weighted by molar-refractivity contribution is 0.181. The van der Waals surface area contributed by atoms with Crippen molar-refractivity contribution in [2.24, 2.45) is 5.41 Å². The van der Waals surface area contributed by atoms with Gasteiger partial charge in [0.15, 0.2) is 0 Å². The van der Waals surface area contributed by atoms with Gasteiger partial charge in [0, 0.05) is 26.1 Å². The maximum absolute atomic E-state index is 12.6. The molecule has 0 aliphatic heterocycles. The third-order valence-electron chi connectivity index (χ3n) is 5.50. The van der Waals surface area contributed by atoms with Crippen LogP contribution in [0.2, 0.25) is 0 Å². The molecule has 2 N–H and O–H groups in total. The van der Waals surface area contributed by atoms with Crippen LogP contribution in [0.1, 0.15) is 37.2 Å². The Bertz CT molecular complexity index is 756. The van der Waals surface area contributed by atoms with Crippen LogP contribution in [-0.2, 0) is 23.3 Å². The molecule has 2 amide bonds. The van der Waals surface area contributed by atoms with Crippen molar-refractivity contribution < 1.29 is 9.53 Å². The first-order chi connectivity index (χ1) is 12.4. The van der Waals surface area contributed by atoms with E-state index >= 15 is 0 Å². The number of H-pyrrole nitrogens is 1. The predicted octanol–water partition coefficient (Wildman–Crippen LogP) is 3.07. The maximum Gasteiger partial charge on any atom is 0.317 e. The number of aromatic amines is 1. The van der Waals surface area contributed by atoms with Crippen LogP contribution < -0.4 is 5.32 Å². The third-order valence-corrected chi connectivity index (χ3v) is 5.50. The molecule has 0 unspecified atom stereocenters. The van der Waals surface area contributed by atoms with Gasteiger partial charge in [-0.2, -0.15) is 5.10 Å². The average Bonchev–Trinajstić information content (AvgIpc) is 2.94. The molecule has 3 rings (SSSR count). The zero-order valence-electron chi connectivity index (χ0n) is 16.0. The summed E-state index contributed by atoms with van der Waals surface area (Å²) in [5.74, 6) is 0. The lowest BCUT2D eigenvalue weighted by Crippen LogP contribution is -2.42. The Balaban J connectivity index is 1.59. The van der Waals surface area contributed by atoms with Crippen LogP contribution in [0, 0.1) is 5.41 Å². The zero-order valence-corrected chi connectivity index (χ0v) is 16.0. The number of hydrogen-bond donors (Lipinski definition) is 2. The summed E-state index contributed by atoms with van der Waals surface area (Å²) < 4.78 is 5.05. The Morgan fingerprint density at radius 2 is 2.04 bits per heavy atom. The highest BCUT2D eigenvalue weighted by Crippen LogP contribution is 2.64. The van der Waals surface area contributed by atoms with Crippen molar-refractivity contribution in [1.29, 1.82) is 0 Å². The molecule has 1 saturated carbocycles. The van der Waals surface area contributed by atoms with Crippen molar-refractivity contribution in [3.05, 3.63) is 53.3 Å². The topological polar surface area (TPSA) is 70.2 Å². The van der Waals surface area contributed by atoms with E-state index < -0.39 is 0 Å². The summed E-state index contributed by atoms with van der Waals surface area (Å²) in [6.45, 7) is 6.12. The first-order valence-corrected chi connectivity index (χ1v) is 8.94. The molecule has 0 bridgehead atoms. The highest BCUT2D eigenvalue weighted by atomic mass is 16.5. The van der Waals surface area contributed by atoms with Gasteiger partial charge in [-0.15, -0.1) is 0 Å². The Morgan fingerprint density at radius 1 is 1.35 bits per heavy atom. The molecular formula is C20H28N4O2. The Hall–Kier alpha value is -2.34. The number of carbonyl (C=O) groups is 1. The lowest BCUT2D eigenvalue weighted by Gasteiger charge is -2.27. The van der Waals surface area contributed by atoms with E-state index in [-0.39, 0.29) is 16.9 Å². The molecule has 1 atom stereocenters. The largest absolute Gasteiger partial charge is 0.378 e. The van der Waals surface area contributed by atoms with E-state index in [1.54, 1.807) is 12.0 Å². The van der Waals surface area contributed by atoms with E-state index in [1.165, 1.54) is 5.56 Å². The number of urea groups is 1. The van der Waals surface area contributed by atoms with Crippen molar-refractivity contribution in [3.8, 4) is 0 Å². The number of methoxy groups -OCH3 is 1. The summed E-state index contributed by atoms with van der Waals surface area (Å²) in [7, 11) is 3.49. The molecule has 1 fully saturated rings.